The molecule has 1 nitrogen and oxygen atoms in total. The predicted molar refractivity (Wildman–Crippen MR) is 63.2 cm³/mol. The topological polar surface area (TPSA) is 3.24 Å². The number of hydrogen-bond acceptors (Lipinski definition) is 1. The molecule has 0 N–H and O–H groups in total. The molecule has 13 heavy (non-hydrogen) atoms. The summed E-state index contributed by atoms with van der Waals surface area (Å²) in [5.41, 5.74) is 3.30. The Bertz CT molecular complexity index is 210. The Morgan fingerprint density at radius 2 is 1.69 bits per heavy atom. The summed E-state index contributed by atoms with van der Waals surface area (Å²) in [6.07, 6.45) is 4.04. The van der Waals surface area contributed by atoms with Crippen LogP contribution in [0.2, 0.25) is 19.6 Å². The van der Waals surface area contributed by atoms with E-state index >= 15 is 0 Å². The standard InChI is InChI=1S/C11H21NSi/c1-6-12(7-2)10-8-9-11-13(3,4)5/h8,10H,6-7H2,1-5H3. The fraction of sp³-hybridized carbons (Fsp3) is 0.636. The van der Waals surface area contributed by atoms with Crippen LogP contribution in [0.15, 0.2) is 12.3 Å². The van der Waals surface area contributed by atoms with Crippen molar-refractivity contribution in [3.8, 4) is 11.5 Å². The molecule has 0 fully saturated rings. The Labute approximate surface area is 83.8 Å². The van der Waals surface area contributed by atoms with Crippen LogP contribution in [0.25, 0.3) is 0 Å². The summed E-state index contributed by atoms with van der Waals surface area (Å²) in [6, 6.07) is 0. The largest absolute Gasteiger partial charge is 0.377 e. The van der Waals surface area contributed by atoms with Crippen molar-refractivity contribution < 1.29 is 0 Å². The highest BCUT2D eigenvalue weighted by atomic mass is 28.3. The lowest BCUT2D eigenvalue weighted by molar-refractivity contribution is 0.419. The highest BCUT2D eigenvalue weighted by Crippen LogP contribution is 1.96. The lowest BCUT2D eigenvalue weighted by Crippen LogP contribution is -2.16. The maximum atomic E-state index is 3.30. The summed E-state index contributed by atoms with van der Waals surface area (Å²) in [6.45, 7) is 13.2. The second-order valence-electron chi connectivity index (χ2n) is 4.06. The molecule has 0 aromatic carbocycles. The summed E-state index contributed by atoms with van der Waals surface area (Å²) in [5.74, 6) is 3.11. The van der Waals surface area contributed by atoms with Gasteiger partial charge in [0.15, 0.2) is 0 Å². The number of allylic oxidation sites excluding steroid dienone is 1. The molecule has 0 aliphatic heterocycles. The Balaban J connectivity index is 4.04. The van der Waals surface area contributed by atoms with E-state index < -0.39 is 8.07 Å². The third-order valence-corrected chi connectivity index (χ3v) is 2.52. The number of nitrogens with zero attached hydrogens (tertiary/aromatic N) is 1. The predicted octanol–water partition coefficient (Wildman–Crippen LogP) is 2.72. The van der Waals surface area contributed by atoms with Crippen molar-refractivity contribution >= 4 is 8.07 Å². The molecule has 0 aliphatic rings. The molecular formula is C11H21NSi. The van der Waals surface area contributed by atoms with Crippen molar-refractivity contribution in [1.29, 1.82) is 0 Å². The van der Waals surface area contributed by atoms with Gasteiger partial charge < -0.3 is 4.90 Å². The van der Waals surface area contributed by atoms with Crippen LogP contribution < -0.4 is 0 Å². The SMILES string of the molecule is CCN(C=CC#C[Si](C)(C)C)CC. The molecule has 0 saturated heterocycles. The zero-order valence-corrected chi connectivity index (χ0v) is 10.5. The van der Waals surface area contributed by atoms with E-state index in [4.69, 9.17) is 0 Å². The quantitative estimate of drug-likeness (QED) is 0.494. The molecule has 0 bridgehead atoms. The molecule has 0 rings (SSSR count). The molecule has 2 heteroatoms. The fourth-order valence-corrected chi connectivity index (χ4v) is 1.35. The van der Waals surface area contributed by atoms with E-state index in [9.17, 15) is 0 Å². The van der Waals surface area contributed by atoms with E-state index in [1.54, 1.807) is 0 Å². The maximum Gasteiger partial charge on any atom is 0.129 e. The molecule has 0 aromatic heterocycles. The van der Waals surface area contributed by atoms with Gasteiger partial charge in [-0.15, -0.1) is 5.54 Å². The third kappa shape index (κ3) is 7.67. The molecule has 0 atom stereocenters. The van der Waals surface area contributed by atoms with E-state index in [1.807, 2.05) is 6.08 Å². The van der Waals surface area contributed by atoms with Crippen molar-refractivity contribution in [3.63, 3.8) is 0 Å². The summed E-state index contributed by atoms with van der Waals surface area (Å²) < 4.78 is 0. The Morgan fingerprint density at radius 1 is 1.15 bits per heavy atom. The van der Waals surface area contributed by atoms with Crippen LogP contribution in [0.4, 0.5) is 0 Å². The fourth-order valence-electron chi connectivity index (χ4n) is 0.835. The van der Waals surface area contributed by atoms with Gasteiger partial charge >= 0.3 is 0 Å². The highest BCUT2D eigenvalue weighted by molar-refractivity contribution is 6.83. The monoisotopic (exact) mass is 195 g/mol. The van der Waals surface area contributed by atoms with E-state index in [2.05, 4.69) is 56.1 Å². The molecule has 0 amide bonds. The van der Waals surface area contributed by atoms with Crippen molar-refractivity contribution in [1.82, 2.24) is 4.90 Å². The summed E-state index contributed by atoms with van der Waals surface area (Å²) in [7, 11) is -1.18. The summed E-state index contributed by atoms with van der Waals surface area (Å²) >= 11 is 0. The van der Waals surface area contributed by atoms with Gasteiger partial charge in [-0.3, -0.25) is 0 Å². The van der Waals surface area contributed by atoms with Crippen LogP contribution in [0.3, 0.4) is 0 Å². The van der Waals surface area contributed by atoms with E-state index in [1.165, 1.54) is 0 Å². The van der Waals surface area contributed by atoms with E-state index in [0.717, 1.165) is 13.1 Å². The van der Waals surface area contributed by atoms with Gasteiger partial charge in [-0.25, -0.2) is 0 Å². The minimum atomic E-state index is -1.18. The zero-order chi connectivity index (χ0) is 10.3. The van der Waals surface area contributed by atoms with Crippen molar-refractivity contribution in [2.45, 2.75) is 33.5 Å². The van der Waals surface area contributed by atoms with Gasteiger partial charge in [-0.1, -0.05) is 25.6 Å². The molecule has 74 valence electrons. The molecule has 0 unspecified atom stereocenters. The van der Waals surface area contributed by atoms with Gasteiger partial charge in [0.2, 0.25) is 0 Å². The smallest absolute Gasteiger partial charge is 0.129 e. The first-order valence-corrected chi connectivity index (χ1v) is 8.43. The van der Waals surface area contributed by atoms with Gasteiger partial charge in [0.25, 0.3) is 0 Å². The van der Waals surface area contributed by atoms with Crippen LogP contribution in [-0.4, -0.2) is 26.1 Å². The zero-order valence-electron chi connectivity index (χ0n) is 9.52. The molecule has 0 aromatic rings. The van der Waals surface area contributed by atoms with E-state index in [0.29, 0.717) is 0 Å². The Morgan fingerprint density at radius 3 is 2.08 bits per heavy atom. The second-order valence-corrected chi connectivity index (χ2v) is 8.81. The van der Waals surface area contributed by atoms with Crippen LogP contribution >= 0.6 is 0 Å². The maximum absolute atomic E-state index is 3.30. The molecule has 0 spiro atoms. The summed E-state index contributed by atoms with van der Waals surface area (Å²) in [4.78, 5) is 2.24. The first-order chi connectivity index (χ1) is 5.99. The van der Waals surface area contributed by atoms with Crippen LogP contribution in [0.1, 0.15) is 13.8 Å². The molecule has 0 aliphatic carbocycles. The van der Waals surface area contributed by atoms with Crippen LogP contribution in [-0.2, 0) is 0 Å². The highest BCUT2D eigenvalue weighted by Gasteiger charge is 2.06. The average Bonchev–Trinajstić information content (AvgIpc) is 2.03. The normalized spacial score (nSPS) is 11.2. The lowest BCUT2D eigenvalue weighted by Gasteiger charge is -2.13. The van der Waals surface area contributed by atoms with Gasteiger partial charge in [0.05, 0.1) is 0 Å². The second kappa shape index (κ2) is 5.88. The first kappa shape index (κ1) is 12.3. The first-order valence-electron chi connectivity index (χ1n) is 4.93. The average molecular weight is 195 g/mol. The van der Waals surface area contributed by atoms with Crippen LogP contribution in [0, 0.1) is 11.5 Å². The van der Waals surface area contributed by atoms with Gasteiger partial charge in [-0.2, -0.15) is 0 Å². The number of rotatable bonds is 3. The van der Waals surface area contributed by atoms with Crippen molar-refractivity contribution in [3.05, 3.63) is 12.3 Å². The van der Waals surface area contributed by atoms with Crippen molar-refractivity contribution in [2.75, 3.05) is 13.1 Å². The van der Waals surface area contributed by atoms with Crippen molar-refractivity contribution in [2.24, 2.45) is 0 Å². The third-order valence-electron chi connectivity index (χ3n) is 1.63. The minimum absolute atomic E-state index is 1.06. The minimum Gasteiger partial charge on any atom is -0.377 e. The number of hydrogen-bond donors (Lipinski definition) is 0. The van der Waals surface area contributed by atoms with E-state index in [-0.39, 0.29) is 0 Å². The van der Waals surface area contributed by atoms with Crippen LogP contribution in [0.5, 0.6) is 0 Å². The summed E-state index contributed by atoms with van der Waals surface area (Å²) in [5, 5.41) is 0. The van der Waals surface area contributed by atoms with Gasteiger partial charge in [0.1, 0.15) is 8.07 Å². The molecular weight excluding hydrogens is 174 g/mol. The lowest BCUT2D eigenvalue weighted by atomic mass is 10.5. The van der Waals surface area contributed by atoms with Gasteiger partial charge in [0, 0.05) is 25.4 Å². The molecule has 0 heterocycles. The molecule has 0 radical (unpaired) electrons. The Kier molecular flexibility index (Phi) is 5.57. The van der Waals surface area contributed by atoms with Gasteiger partial charge in [-0.05, 0) is 13.8 Å². The Hall–Kier alpha value is -0.683. The molecule has 0 saturated carbocycles.